The van der Waals surface area contributed by atoms with Crippen LogP contribution in [0.25, 0.3) is 0 Å². The molecule has 0 N–H and O–H groups in total. The molecule has 0 amide bonds. The quantitative estimate of drug-likeness (QED) is 0.616. The minimum atomic E-state index is -0.304. The van der Waals surface area contributed by atoms with E-state index in [1.165, 1.54) is 21.3 Å². The molecule has 0 bridgehead atoms. The Kier molecular flexibility index (Phi) is 5.58. The smallest absolute Gasteiger partial charge is 0.202 e. The van der Waals surface area contributed by atoms with Gasteiger partial charge in [-0.2, -0.15) is 0 Å². The van der Waals surface area contributed by atoms with Crippen LogP contribution in [0.4, 0.5) is 0 Å². The van der Waals surface area contributed by atoms with Crippen molar-refractivity contribution in [1.82, 2.24) is 0 Å². The number of fused-ring (bicyclic) bond motifs is 2. The number of ketones is 2. The van der Waals surface area contributed by atoms with Gasteiger partial charge in [-0.05, 0) is 18.9 Å². The summed E-state index contributed by atoms with van der Waals surface area (Å²) in [6.45, 7) is 2.07. The number of rotatable bonds is 7. The third kappa shape index (κ3) is 2.99. The zero-order valence-corrected chi connectivity index (χ0v) is 16.8. The molecular weight excluding hydrogens is 360 g/mol. The van der Waals surface area contributed by atoms with Crippen LogP contribution in [0.15, 0.2) is 18.2 Å². The molecule has 6 nitrogen and oxygen atoms in total. The summed E-state index contributed by atoms with van der Waals surface area (Å²) in [6.07, 6.45) is 2.44. The molecule has 28 heavy (non-hydrogen) atoms. The van der Waals surface area contributed by atoms with E-state index in [9.17, 15) is 9.59 Å². The van der Waals surface area contributed by atoms with Gasteiger partial charge >= 0.3 is 0 Å². The second-order valence-electron chi connectivity index (χ2n) is 6.52. The van der Waals surface area contributed by atoms with Crippen LogP contribution in [0, 0.1) is 0 Å². The maximum absolute atomic E-state index is 13.5. The molecule has 0 atom stereocenters. The van der Waals surface area contributed by atoms with Gasteiger partial charge in [-0.3, -0.25) is 9.59 Å². The predicted octanol–water partition coefficient (Wildman–Crippen LogP) is 3.84. The van der Waals surface area contributed by atoms with Gasteiger partial charge in [0.1, 0.15) is 23.0 Å². The molecular formula is C22H24O6. The van der Waals surface area contributed by atoms with Gasteiger partial charge in [-0.25, -0.2) is 0 Å². The van der Waals surface area contributed by atoms with Crippen molar-refractivity contribution in [3.63, 3.8) is 0 Å². The Balaban J connectivity index is 2.36. The van der Waals surface area contributed by atoms with E-state index in [1.807, 2.05) is 0 Å². The van der Waals surface area contributed by atoms with Crippen LogP contribution in [-0.2, 0) is 6.42 Å². The normalized spacial score (nSPS) is 12.3. The number of ether oxygens (including phenoxy) is 4. The van der Waals surface area contributed by atoms with Crippen molar-refractivity contribution in [3.8, 4) is 23.0 Å². The minimum Gasteiger partial charge on any atom is -0.497 e. The first-order valence-electron chi connectivity index (χ1n) is 9.15. The van der Waals surface area contributed by atoms with Crippen molar-refractivity contribution in [2.75, 3.05) is 28.4 Å². The maximum atomic E-state index is 13.5. The monoisotopic (exact) mass is 384 g/mol. The molecule has 0 fully saturated rings. The lowest BCUT2D eigenvalue weighted by molar-refractivity contribution is 0.0972. The number of benzene rings is 2. The van der Waals surface area contributed by atoms with Crippen molar-refractivity contribution >= 4 is 11.6 Å². The molecule has 0 spiro atoms. The van der Waals surface area contributed by atoms with Gasteiger partial charge in [-0.15, -0.1) is 0 Å². The Morgan fingerprint density at radius 2 is 1.36 bits per heavy atom. The van der Waals surface area contributed by atoms with Gasteiger partial charge in [0.05, 0.1) is 39.6 Å². The van der Waals surface area contributed by atoms with Crippen LogP contribution in [0.1, 0.15) is 57.2 Å². The van der Waals surface area contributed by atoms with Crippen LogP contribution in [0.5, 0.6) is 23.0 Å². The molecule has 2 aromatic rings. The molecule has 0 unspecified atom stereocenters. The number of methoxy groups -OCH3 is 4. The van der Waals surface area contributed by atoms with E-state index >= 15 is 0 Å². The van der Waals surface area contributed by atoms with Crippen LogP contribution in [0.3, 0.4) is 0 Å². The van der Waals surface area contributed by atoms with Crippen LogP contribution < -0.4 is 18.9 Å². The van der Waals surface area contributed by atoms with E-state index in [0.717, 1.165) is 18.4 Å². The molecule has 1 aliphatic carbocycles. The Morgan fingerprint density at radius 1 is 0.714 bits per heavy atom. The lowest BCUT2D eigenvalue weighted by Crippen LogP contribution is -2.25. The number of carbonyl (C=O) groups excluding carboxylic acids is 2. The van der Waals surface area contributed by atoms with Gasteiger partial charge < -0.3 is 18.9 Å². The van der Waals surface area contributed by atoms with Crippen LogP contribution >= 0.6 is 0 Å². The summed E-state index contributed by atoms with van der Waals surface area (Å²) in [4.78, 5) is 27.0. The SMILES string of the molecule is CCCCc1c(OC)cc(OC)c2c1C(=O)c1cc(OC)cc(OC)c1C2=O. The summed E-state index contributed by atoms with van der Waals surface area (Å²) in [7, 11) is 5.98. The summed E-state index contributed by atoms with van der Waals surface area (Å²) in [6, 6.07) is 4.86. The summed E-state index contributed by atoms with van der Waals surface area (Å²) in [5.41, 5.74) is 1.83. The Hall–Kier alpha value is -3.02. The number of hydrogen-bond acceptors (Lipinski definition) is 6. The van der Waals surface area contributed by atoms with Crippen molar-refractivity contribution < 1.29 is 28.5 Å². The molecule has 0 saturated carbocycles. The van der Waals surface area contributed by atoms with Crippen molar-refractivity contribution in [2.24, 2.45) is 0 Å². The number of carbonyl (C=O) groups is 2. The number of hydrogen-bond donors (Lipinski definition) is 0. The van der Waals surface area contributed by atoms with Gasteiger partial charge in [0.25, 0.3) is 0 Å². The summed E-state index contributed by atoms with van der Waals surface area (Å²) in [5.74, 6) is 1.04. The Labute approximate surface area is 164 Å². The maximum Gasteiger partial charge on any atom is 0.202 e. The first-order valence-corrected chi connectivity index (χ1v) is 9.15. The van der Waals surface area contributed by atoms with E-state index in [1.54, 1.807) is 25.3 Å². The standard InChI is InChI=1S/C22H24O6/c1-6-7-8-13-15(26-3)11-17(28-5)20-19(13)21(23)14-9-12(25-2)10-16(27-4)18(14)22(20)24/h9-11H,6-8H2,1-5H3. The largest absolute Gasteiger partial charge is 0.497 e. The molecule has 0 aromatic heterocycles. The highest BCUT2D eigenvalue weighted by atomic mass is 16.5. The zero-order valence-electron chi connectivity index (χ0n) is 16.8. The van der Waals surface area contributed by atoms with Gasteiger partial charge in [0.15, 0.2) is 5.78 Å². The molecule has 0 heterocycles. The zero-order chi connectivity index (χ0) is 20.4. The highest BCUT2D eigenvalue weighted by Crippen LogP contribution is 2.43. The molecule has 1 aliphatic rings. The fourth-order valence-corrected chi connectivity index (χ4v) is 3.64. The summed E-state index contributed by atoms with van der Waals surface area (Å²) < 4.78 is 21.6. The Morgan fingerprint density at radius 3 is 1.93 bits per heavy atom. The second kappa shape index (κ2) is 7.92. The third-order valence-corrected chi connectivity index (χ3v) is 5.04. The molecule has 148 valence electrons. The minimum absolute atomic E-state index is 0.228. The van der Waals surface area contributed by atoms with Crippen molar-refractivity contribution in [2.45, 2.75) is 26.2 Å². The van der Waals surface area contributed by atoms with Crippen LogP contribution in [0.2, 0.25) is 0 Å². The first-order chi connectivity index (χ1) is 13.5. The van der Waals surface area contributed by atoms with E-state index in [-0.39, 0.29) is 28.3 Å². The van der Waals surface area contributed by atoms with Crippen LogP contribution in [-0.4, -0.2) is 40.0 Å². The molecule has 0 aliphatic heterocycles. The second-order valence-corrected chi connectivity index (χ2v) is 6.52. The lowest BCUT2D eigenvalue weighted by Gasteiger charge is -2.25. The molecule has 0 radical (unpaired) electrons. The van der Waals surface area contributed by atoms with E-state index < -0.39 is 0 Å². The average Bonchev–Trinajstić information content (AvgIpc) is 2.73. The highest BCUT2D eigenvalue weighted by molar-refractivity contribution is 6.31. The summed E-state index contributed by atoms with van der Waals surface area (Å²) in [5, 5.41) is 0. The molecule has 0 saturated heterocycles. The fourth-order valence-electron chi connectivity index (χ4n) is 3.64. The van der Waals surface area contributed by atoms with E-state index in [2.05, 4.69) is 6.92 Å². The molecule has 3 rings (SSSR count). The topological polar surface area (TPSA) is 71.1 Å². The summed E-state index contributed by atoms with van der Waals surface area (Å²) >= 11 is 0. The average molecular weight is 384 g/mol. The highest BCUT2D eigenvalue weighted by Gasteiger charge is 2.38. The van der Waals surface area contributed by atoms with E-state index in [0.29, 0.717) is 35.0 Å². The van der Waals surface area contributed by atoms with Gasteiger partial charge in [-0.1, -0.05) is 13.3 Å². The molecule has 2 aromatic carbocycles. The van der Waals surface area contributed by atoms with Gasteiger partial charge in [0.2, 0.25) is 5.78 Å². The third-order valence-electron chi connectivity index (χ3n) is 5.04. The predicted molar refractivity (Wildman–Crippen MR) is 105 cm³/mol. The number of unbranched alkanes of at least 4 members (excludes halogenated alkanes) is 1. The lowest BCUT2D eigenvalue weighted by atomic mass is 9.79. The van der Waals surface area contributed by atoms with Crippen molar-refractivity contribution in [1.29, 1.82) is 0 Å². The van der Waals surface area contributed by atoms with E-state index in [4.69, 9.17) is 18.9 Å². The molecule has 6 heteroatoms. The fraction of sp³-hybridized carbons (Fsp3) is 0.364. The Bertz CT molecular complexity index is 945. The first kappa shape index (κ1) is 19.7. The van der Waals surface area contributed by atoms with Crippen molar-refractivity contribution in [3.05, 3.63) is 46.0 Å². The van der Waals surface area contributed by atoms with Gasteiger partial charge in [0, 0.05) is 28.8 Å².